The standard InChI is InChI=1S/C28H39N3O10.C23H29N3O9.C15H31NO6.C13H9FN2O4.C2HF3O/c1-28(2,3)41-23(33)9-11-37-13-15-39-17-18-40-16-14-38-12-10-29-20-6-4-5-19-24(20)27(36)31(26(19)35)21-7-8-22(32)30-25(21)34;27-18-6-5-17(21(30)25-18)26-22(31)15-3-1-4-16(20(15)23(26)32)24-8-2-9-33-11-13-35-14-12-34-10-7-19(28)29;1-15(2,3)22-14(17)4-6-18-8-10-20-12-13-21-11-9-19-7-5-16;14-7-3-1-2-6-10(7)13(20)16(12(6)19)8-4-5-9(17)15-11(8)18;3-2(4,5)1-6/h4-6,21,29H,7-18H2,1-3H3,(H,30,32,34);1,3-4,17,24H,2,5-14H2,(H,28,29)(H,25,27,30);4-13,16H2,1-3H3;1-3,8H,4-5H2,(H,15,17,18);1H. The van der Waals surface area contributed by atoms with Gasteiger partial charge in [-0.05, 0) is 104 Å². The number of carbonyl (C=O) groups is 16. The molecule has 8 N–H and O–H groups in total. The Hall–Kier alpha value is -10.6. The number of nitrogens with zero attached hydrogens (tertiary/aromatic N) is 3. The molecule has 6 heterocycles. The number of halogens is 4. The van der Waals surface area contributed by atoms with Crippen molar-refractivity contribution in [2.75, 3.05) is 176 Å². The zero-order valence-electron chi connectivity index (χ0n) is 70.0. The second-order valence-corrected chi connectivity index (χ2v) is 29.2. The smallest absolute Gasteiger partial charge is 0.446 e. The molecule has 0 bridgehead atoms. The summed E-state index contributed by atoms with van der Waals surface area (Å²) in [5, 5.41) is 21.2. The van der Waals surface area contributed by atoms with E-state index in [-0.39, 0.29) is 116 Å². The SMILES string of the molecule is CC(C)(C)OC(=O)CCOCCOCCOCCOCCN.CC(C)(C)OC(=O)CCOCCOCCOCCOCCNc1cccc2c1C(=O)N(C1CCC(=O)NC1=O)C2=O.O=C(O)CCOCCOCCOCCCNc1cccc2c1C(=O)N(C1CCC(=O)NC1=O)C2=O.O=C1CCC(N2C(=O)c3cccc(F)c3C2=O)C(=O)N1.O=CC(F)(F)F. The number of benzene rings is 3. The highest BCUT2D eigenvalue weighted by Gasteiger charge is 2.49. The normalized spacial score (nSPS) is 16.7. The predicted octanol–water partition coefficient (Wildman–Crippen LogP) is 3.43. The van der Waals surface area contributed by atoms with Crippen LogP contribution in [0.5, 0.6) is 0 Å². The predicted molar refractivity (Wildman–Crippen MR) is 424 cm³/mol. The Morgan fingerprint density at radius 3 is 1.02 bits per heavy atom. The largest absolute Gasteiger partial charge is 0.481 e. The summed E-state index contributed by atoms with van der Waals surface area (Å²) in [7, 11) is 0. The van der Waals surface area contributed by atoms with Crippen LogP contribution in [0.3, 0.4) is 0 Å². The number of hydrogen-bond donors (Lipinski definition) is 7. The Bertz CT molecular complexity index is 4120. The number of nitrogens with two attached hydrogens (primary N) is 1. The zero-order chi connectivity index (χ0) is 91.4. The van der Waals surface area contributed by atoms with Crippen molar-refractivity contribution in [3.63, 3.8) is 0 Å². The molecule has 686 valence electrons. The molecule has 0 saturated carbocycles. The van der Waals surface area contributed by atoms with Gasteiger partial charge in [0.2, 0.25) is 41.7 Å². The van der Waals surface area contributed by atoms with Gasteiger partial charge < -0.3 is 83.1 Å². The summed E-state index contributed by atoms with van der Waals surface area (Å²) in [5.41, 5.74) is 5.81. The van der Waals surface area contributed by atoms with E-state index in [9.17, 15) is 89.5 Å². The number of rotatable bonds is 47. The fourth-order valence-electron chi connectivity index (χ4n) is 11.9. The number of ether oxygens (including phenoxy) is 13. The van der Waals surface area contributed by atoms with E-state index in [0.29, 0.717) is 170 Å². The minimum absolute atomic E-state index is 0.0340. The lowest BCUT2D eigenvalue weighted by Gasteiger charge is -2.27. The first-order chi connectivity index (χ1) is 59.0. The number of alkyl halides is 3. The van der Waals surface area contributed by atoms with E-state index in [1.165, 1.54) is 12.1 Å². The monoisotopic (exact) mass is 1760 g/mol. The number of aliphatic carboxylic acids is 1. The Kier molecular flexibility index (Phi) is 45.5. The number of anilines is 2. The molecular formula is C81H109F4N9O30. The molecule has 3 unspecified atom stereocenters. The van der Waals surface area contributed by atoms with Gasteiger partial charge in [0.1, 0.15) is 35.1 Å². The molecular weight excluding hydrogens is 1650 g/mol. The third-order valence-electron chi connectivity index (χ3n) is 17.3. The molecule has 12 amide bonds. The van der Waals surface area contributed by atoms with Crippen LogP contribution in [0.2, 0.25) is 0 Å². The van der Waals surface area contributed by atoms with Crippen LogP contribution in [-0.4, -0.2) is 315 Å². The van der Waals surface area contributed by atoms with E-state index in [0.717, 1.165) is 20.8 Å². The third-order valence-corrected chi connectivity index (χ3v) is 17.3. The Balaban J connectivity index is 0.000000297. The number of carboxylic acids is 1. The minimum atomic E-state index is -4.64. The molecule has 124 heavy (non-hydrogen) atoms. The first-order valence-corrected chi connectivity index (χ1v) is 39.9. The van der Waals surface area contributed by atoms with Crippen molar-refractivity contribution in [2.24, 2.45) is 5.73 Å². The molecule has 9 rings (SSSR count). The molecule has 6 aliphatic heterocycles. The maximum atomic E-state index is 13.7. The van der Waals surface area contributed by atoms with E-state index in [2.05, 4.69) is 26.6 Å². The summed E-state index contributed by atoms with van der Waals surface area (Å²) >= 11 is 0. The molecule has 6 aliphatic rings. The van der Waals surface area contributed by atoms with Crippen molar-refractivity contribution < 1.29 is 161 Å². The minimum Gasteiger partial charge on any atom is -0.481 e. The number of carboxylic acid groups (broad SMARTS) is 1. The van der Waals surface area contributed by atoms with Gasteiger partial charge in [-0.2, -0.15) is 13.2 Å². The van der Waals surface area contributed by atoms with Gasteiger partial charge in [-0.25, -0.2) is 4.39 Å². The van der Waals surface area contributed by atoms with Crippen LogP contribution < -0.4 is 32.3 Å². The number of imide groups is 6. The van der Waals surface area contributed by atoms with Crippen LogP contribution in [0.1, 0.15) is 168 Å². The van der Waals surface area contributed by atoms with Crippen molar-refractivity contribution >= 4 is 106 Å². The molecule has 0 spiro atoms. The first kappa shape index (κ1) is 104. The average molecular weight is 1760 g/mol. The number of nitrogens with one attached hydrogen (secondary N) is 5. The fourth-order valence-corrected chi connectivity index (χ4v) is 11.9. The summed E-state index contributed by atoms with van der Waals surface area (Å²) in [6.07, 6.45) is -4.21. The molecule has 3 saturated heterocycles. The second-order valence-electron chi connectivity index (χ2n) is 29.2. The van der Waals surface area contributed by atoms with Gasteiger partial charge in [0, 0.05) is 56.9 Å². The van der Waals surface area contributed by atoms with Gasteiger partial charge in [0.25, 0.3) is 35.4 Å². The maximum absolute atomic E-state index is 13.7. The van der Waals surface area contributed by atoms with Crippen LogP contribution in [0.25, 0.3) is 0 Å². The molecule has 3 aromatic rings. The van der Waals surface area contributed by atoms with Crippen molar-refractivity contribution in [1.82, 2.24) is 30.7 Å². The molecule has 39 nitrogen and oxygen atoms in total. The highest BCUT2D eigenvalue weighted by molar-refractivity contribution is 6.27. The van der Waals surface area contributed by atoms with Gasteiger partial charge in [-0.1, -0.05) is 18.2 Å². The lowest BCUT2D eigenvalue weighted by atomic mass is 10.0. The lowest BCUT2D eigenvalue weighted by Crippen LogP contribution is -2.54. The Labute approximate surface area is 711 Å². The van der Waals surface area contributed by atoms with Gasteiger partial charge in [-0.3, -0.25) is 107 Å². The van der Waals surface area contributed by atoms with Crippen molar-refractivity contribution in [3.8, 4) is 0 Å². The van der Waals surface area contributed by atoms with Crippen LogP contribution in [0, 0.1) is 5.82 Å². The van der Waals surface area contributed by atoms with Crippen LogP contribution >= 0.6 is 0 Å². The second kappa shape index (κ2) is 54.2. The molecule has 43 heteroatoms. The van der Waals surface area contributed by atoms with Crippen molar-refractivity contribution in [1.29, 1.82) is 0 Å². The van der Waals surface area contributed by atoms with E-state index >= 15 is 0 Å². The molecule has 3 fully saturated rings. The Morgan fingerprint density at radius 2 is 0.710 bits per heavy atom. The topological polar surface area (TPSA) is 509 Å². The summed E-state index contributed by atoms with van der Waals surface area (Å²) in [5.74, 6) is -9.28. The third kappa shape index (κ3) is 36.7. The van der Waals surface area contributed by atoms with E-state index in [1.54, 1.807) is 36.4 Å². The number of fused-ring (bicyclic) bond motifs is 3. The summed E-state index contributed by atoms with van der Waals surface area (Å²) < 4.78 is 114. The molecule has 3 aromatic carbocycles. The summed E-state index contributed by atoms with van der Waals surface area (Å²) in [6, 6.07) is 10.5. The van der Waals surface area contributed by atoms with E-state index < -0.39 is 124 Å². The summed E-state index contributed by atoms with van der Waals surface area (Å²) in [4.78, 5) is 191. The van der Waals surface area contributed by atoms with E-state index in [4.69, 9.17) is 77.2 Å². The average Bonchev–Trinajstić information content (AvgIpc) is 1.62. The number of aldehydes is 1. The maximum Gasteiger partial charge on any atom is 0.446 e. The van der Waals surface area contributed by atoms with Gasteiger partial charge in [0.05, 0.1) is 191 Å². The van der Waals surface area contributed by atoms with Gasteiger partial charge >= 0.3 is 24.1 Å². The summed E-state index contributed by atoms with van der Waals surface area (Å²) in [6.45, 7) is 21.3. The van der Waals surface area contributed by atoms with Gasteiger partial charge in [0.15, 0.2) is 0 Å². The quantitative estimate of drug-likeness (QED) is 0.0140. The van der Waals surface area contributed by atoms with Crippen LogP contribution in [0.15, 0.2) is 54.6 Å². The molecule has 0 aliphatic carbocycles. The number of carbonyl (C=O) groups excluding carboxylic acids is 15. The van der Waals surface area contributed by atoms with Crippen molar-refractivity contribution in [3.05, 3.63) is 93.8 Å². The molecule has 0 radical (unpaired) electrons. The molecule has 0 aromatic heterocycles. The molecule has 3 atom stereocenters. The number of amides is 12. The highest BCUT2D eigenvalue weighted by Crippen LogP contribution is 2.35. The number of hydrogen-bond acceptors (Lipinski definition) is 32. The van der Waals surface area contributed by atoms with Gasteiger partial charge in [-0.15, -0.1) is 0 Å². The zero-order valence-corrected chi connectivity index (χ0v) is 70.0. The Morgan fingerprint density at radius 1 is 0.419 bits per heavy atom. The first-order valence-electron chi connectivity index (χ1n) is 39.9. The fraction of sp³-hybridized carbons (Fsp3) is 0.580. The highest BCUT2D eigenvalue weighted by atomic mass is 19.4. The number of esters is 2. The van der Waals surface area contributed by atoms with Crippen LogP contribution in [-0.2, 0) is 110 Å². The number of piperidine rings is 3. The van der Waals surface area contributed by atoms with Crippen molar-refractivity contribution in [2.45, 2.75) is 141 Å². The van der Waals surface area contributed by atoms with E-state index in [1.807, 2.05) is 41.5 Å². The van der Waals surface area contributed by atoms with Crippen LogP contribution in [0.4, 0.5) is 28.9 Å². The lowest BCUT2D eigenvalue weighted by molar-refractivity contribution is -0.157.